The van der Waals surface area contributed by atoms with Crippen molar-refractivity contribution in [3.05, 3.63) is 60.3 Å². The quantitative estimate of drug-likeness (QED) is 0.266. The molecule has 0 nitrogen and oxygen atoms in total. The molecule has 0 bridgehead atoms. The smallest absolute Gasteiger partial charge is 0.00952 e. The molecule has 6 unspecified atom stereocenters. The first-order valence-electron chi connectivity index (χ1n) is 15.0. The van der Waals surface area contributed by atoms with Crippen LogP contribution in [0.2, 0.25) is 0 Å². The lowest BCUT2D eigenvalue weighted by Gasteiger charge is -2.55. The second-order valence-corrected chi connectivity index (χ2v) is 15.0. The van der Waals surface area contributed by atoms with Crippen molar-refractivity contribution >= 4 is 0 Å². The molecule has 35 heavy (non-hydrogen) atoms. The average molecular weight is 473 g/mol. The Balaban J connectivity index is 1.51. The summed E-state index contributed by atoms with van der Waals surface area (Å²) < 4.78 is 0. The van der Waals surface area contributed by atoms with Crippen LogP contribution in [-0.2, 0) is 0 Å². The first-order chi connectivity index (χ1) is 16.5. The van der Waals surface area contributed by atoms with Crippen molar-refractivity contribution in [1.82, 2.24) is 0 Å². The molecule has 3 saturated carbocycles. The summed E-state index contributed by atoms with van der Waals surface area (Å²) in [5, 5.41) is 0. The molecular weight excluding hydrogens is 420 g/mol. The summed E-state index contributed by atoms with van der Waals surface area (Å²) in [4.78, 5) is 0. The van der Waals surface area contributed by atoms with Crippen molar-refractivity contribution < 1.29 is 0 Å². The van der Waals surface area contributed by atoms with Gasteiger partial charge in [-0.25, -0.2) is 0 Å². The Kier molecular flexibility index (Phi) is 6.68. The first kappa shape index (κ1) is 25.4. The van der Waals surface area contributed by atoms with E-state index < -0.39 is 0 Å². The van der Waals surface area contributed by atoms with Gasteiger partial charge in [0.15, 0.2) is 0 Å². The zero-order valence-corrected chi connectivity index (χ0v) is 23.7. The maximum atomic E-state index is 3.96. The highest BCUT2D eigenvalue weighted by Crippen LogP contribution is 2.68. The van der Waals surface area contributed by atoms with Crippen LogP contribution in [0.1, 0.15) is 99.3 Å². The second-order valence-electron chi connectivity index (χ2n) is 15.0. The molecule has 0 spiro atoms. The van der Waals surface area contributed by atoms with E-state index in [9.17, 15) is 0 Å². The number of unbranched alkanes of at least 4 members (excludes halogenated alkanes) is 1. The first-order valence-corrected chi connectivity index (χ1v) is 15.0. The Morgan fingerprint density at radius 1 is 0.857 bits per heavy atom. The van der Waals surface area contributed by atoms with Gasteiger partial charge in [0.25, 0.3) is 0 Å². The van der Waals surface area contributed by atoms with Crippen LogP contribution in [0, 0.1) is 57.7 Å². The molecule has 0 heteroatoms. The molecule has 0 aromatic carbocycles. The molecule has 5 aliphatic carbocycles. The Bertz CT molecular complexity index is 866. The maximum Gasteiger partial charge on any atom is -0.00952 e. The predicted octanol–water partition coefficient (Wildman–Crippen LogP) is 10.1. The molecule has 0 N–H and O–H groups in total. The van der Waals surface area contributed by atoms with Crippen molar-refractivity contribution in [2.75, 3.05) is 0 Å². The molecule has 0 aromatic heterocycles. The largest absolute Gasteiger partial charge is 0.103 e. The van der Waals surface area contributed by atoms with Crippen LogP contribution in [0.15, 0.2) is 60.3 Å². The summed E-state index contributed by atoms with van der Waals surface area (Å²) in [6, 6.07) is 0. The lowest BCUT2D eigenvalue weighted by atomic mass is 9.49. The Hall–Kier alpha value is -1.30. The lowest BCUT2D eigenvalue weighted by molar-refractivity contribution is -0.0435. The minimum atomic E-state index is 0.235. The van der Waals surface area contributed by atoms with E-state index in [2.05, 4.69) is 90.7 Å². The standard InChI is InChI=1S/C35H52/c1-8-9-10-12-24-13-14-27(21-24)35(19-11-20-35)32-30-22-25(33(2,3)4)15-17-28(30)29-18-16-26(23-31(29)32)34(5,6)7/h8,15-18,22-24,27-32H,1,9-14,19-21H2,2-7H3. The van der Waals surface area contributed by atoms with E-state index in [4.69, 9.17) is 0 Å². The fourth-order valence-electron chi connectivity index (χ4n) is 8.92. The third-order valence-electron chi connectivity index (χ3n) is 11.0. The second kappa shape index (κ2) is 9.22. The van der Waals surface area contributed by atoms with Crippen LogP contribution in [0.3, 0.4) is 0 Å². The third-order valence-corrected chi connectivity index (χ3v) is 11.0. The van der Waals surface area contributed by atoms with Gasteiger partial charge in [0.05, 0.1) is 0 Å². The molecule has 5 rings (SSSR count). The van der Waals surface area contributed by atoms with Crippen molar-refractivity contribution in [3.63, 3.8) is 0 Å². The minimum absolute atomic E-state index is 0.235. The van der Waals surface area contributed by atoms with Crippen LogP contribution in [0.5, 0.6) is 0 Å². The monoisotopic (exact) mass is 472 g/mol. The Morgan fingerprint density at radius 3 is 1.89 bits per heavy atom. The van der Waals surface area contributed by atoms with E-state index in [1.54, 1.807) is 11.1 Å². The van der Waals surface area contributed by atoms with Gasteiger partial charge in [-0.3, -0.25) is 0 Å². The minimum Gasteiger partial charge on any atom is -0.103 e. The fourth-order valence-corrected chi connectivity index (χ4v) is 8.92. The summed E-state index contributed by atoms with van der Waals surface area (Å²) in [6.45, 7) is 18.4. The third kappa shape index (κ3) is 4.51. The molecule has 6 atom stereocenters. The molecule has 5 aliphatic rings. The topological polar surface area (TPSA) is 0 Å². The molecule has 0 saturated heterocycles. The van der Waals surface area contributed by atoms with Gasteiger partial charge in [-0.05, 0) is 107 Å². The molecule has 3 fully saturated rings. The lowest BCUT2D eigenvalue weighted by Crippen LogP contribution is -2.47. The highest BCUT2D eigenvalue weighted by atomic mass is 14.6. The van der Waals surface area contributed by atoms with Gasteiger partial charge in [0.2, 0.25) is 0 Å². The van der Waals surface area contributed by atoms with Gasteiger partial charge in [-0.2, -0.15) is 0 Å². The molecule has 0 radical (unpaired) electrons. The van der Waals surface area contributed by atoms with Gasteiger partial charge >= 0.3 is 0 Å². The molecule has 0 amide bonds. The van der Waals surface area contributed by atoms with Crippen molar-refractivity contribution in [2.24, 2.45) is 57.7 Å². The number of allylic oxidation sites excluding steroid dienone is 9. The van der Waals surface area contributed by atoms with E-state index in [0.29, 0.717) is 29.1 Å². The van der Waals surface area contributed by atoms with E-state index in [1.165, 1.54) is 57.8 Å². The van der Waals surface area contributed by atoms with Crippen LogP contribution < -0.4 is 0 Å². The van der Waals surface area contributed by atoms with Crippen LogP contribution >= 0.6 is 0 Å². The fraction of sp³-hybridized carbons (Fsp3) is 0.714. The SMILES string of the molecule is C=CCCCC1CCC(C2(C3C4C=C(C(C)(C)C)C=CC4C4C=CC(C(C)(C)C)=CC43)CCC2)C1. The van der Waals surface area contributed by atoms with Crippen molar-refractivity contribution in [2.45, 2.75) is 99.3 Å². The van der Waals surface area contributed by atoms with Gasteiger partial charge in [-0.1, -0.05) is 103 Å². The van der Waals surface area contributed by atoms with Crippen LogP contribution in [0.25, 0.3) is 0 Å². The van der Waals surface area contributed by atoms with Gasteiger partial charge in [-0.15, -0.1) is 6.58 Å². The van der Waals surface area contributed by atoms with Crippen LogP contribution in [-0.4, -0.2) is 0 Å². The number of hydrogen-bond acceptors (Lipinski definition) is 0. The van der Waals surface area contributed by atoms with Gasteiger partial charge in [0.1, 0.15) is 0 Å². The summed E-state index contributed by atoms with van der Waals surface area (Å²) in [5.74, 6) is 5.52. The van der Waals surface area contributed by atoms with Gasteiger partial charge < -0.3 is 0 Å². The zero-order chi connectivity index (χ0) is 25.0. The summed E-state index contributed by atoms with van der Waals surface area (Å²) >= 11 is 0. The highest BCUT2D eigenvalue weighted by Gasteiger charge is 2.61. The Morgan fingerprint density at radius 2 is 1.43 bits per heavy atom. The molecule has 0 heterocycles. The van der Waals surface area contributed by atoms with E-state index in [1.807, 2.05) is 0 Å². The van der Waals surface area contributed by atoms with E-state index in [-0.39, 0.29) is 10.8 Å². The van der Waals surface area contributed by atoms with E-state index >= 15 is 0 Å². The van der Waals surface area contributed by atoms with Crippen LogP contribution in [0.4, 0.5) is 0 Å². The summed E-state index contributed by atoms with van der Waals surface area (Å²) in [5.41, 5.74) is 4.20. The maximum absolute atomic E-state index is 3.96. The number of hydrogen-bond donors (Lipinski definition) is 0. The van der Waals surface area contributed by atoms with E-state index in [0.717, 1.165) is 17.8 Å². The number of fused-ring (bicyclic) bond motifs is 3. The molecule has 0 aliphatic heterocycles. The molecule has 0 aromatic rings. The number of rotatable bonds is 6. The van der Waals surface area contributed by atoms with Crippen molar-refractivity contribution in [3.8, 4) is 0 Å². The van der Waals surface area contributed by atoms with Gasteiger partial charge in [0, 0.05) is 0 Å². The predicted molar refractivity (Wildman–Crippen MR) is 152 cm³/mol. The highest BCUT2D eigenvalue weighted by molar-refractivity contribution is 5.40. The molecular formula is C35H52. The normalized spacial score (nSPS) is 37.8. The van der Waals surface area contributed by atoms with Crippen molar-refractivity contribution in [1.29, 1.82) is 0 Å². The summed E-state index contributed by atoms with van der Waals surface area (Å²) in [7, 11) is 0. The summed E-state index contributed by atoms with van der Waals surface area (Å²) in [6.07, 6.45) is 30.8. The Labute approximate surface area is 217 Å². The molecule has 192 valence electrons. The zero-order valence-electron chi connectivity index (χ0n) is 23.7. The average Bonchev–Trinajstić information content (AvgIpc) is 3.35.